The predicted octanol–water partition coefficient (Wildman–Crippen LogP) is 0.616. The highest BCUT2D eigenvalue weighted by Crippen LogP contribution is 2.37. The van der Waals surface area contributed by atoms with Gasteiger partial charge in [-0.1, -0.05) is 6.07 Å². The van der Waals surface area contributed by atoms with Gasteiger partial charge in [-0.05, 0) is 37.6 Å². The van der Waals surface area contributed by atoms with E-state index in [0.29, 0.717) is 30.0 Å². The van der Waals surface area contributed by atoms with E-state index in [9.17, 15) is 13.5 Å². The van der Waals surface area contributed by atoms with Crippen LogP contribution in [0.5, 0.6) is 5.75 Å². The van der Waals surface area contributed by atoms with Crippen molar-refractivity contribution in [3.05, 3.63) is 23.8 Å². The molecule has 0 radical (unpaired) electrons. The molecule has 0 saturated carbocycles. The van der Waals surface area contributed by atoms with E-state index in [4.69, 9.17) is 10.5 Å². The van der Waals surface area contributed by atoms with Gasteiger partial charge in [0.25, 0.3) is 0 Å². The Balaban J connectivity index is 2.44. The first-order valence-corrected chi connectivity index (χ1v) is 8.34. The van der Waals surface area contributed by atoms with Crippen molar-refractivity contribution in [2.45, 2.75) is 25.6 Å². The quantitative estimate of drug-likeness (QED) is 0.850. The highest BCUT2D eigenvalue weighted by Gasteiger charge is 2.29. The molecule has 0 aromatic heterocycles. The molecule has 112 valence electrons. The first kappa shape index (κ1) is 15.1. The third-order valence-corrected chi connectivity index (χ3v) is 4.37. The van der Waals surface area contributed by atoms with Crippen LogP contribution in [0.4, 0.5) is 5.69 Å². The average Bonchev–Trinajstić information content (AvgIpc) is 2.36. The molecule has 1 heterocycles. The molecule has 1 aromatic carbocycles. The molecule has 20 heavy (non-hydrogen) atoms. The first-order valence-electron chi connectivity index (χ1n) is 6.49. The summed E-state index contributed by atoms with van der Waals surface area (Å²) in [5.41, 5.74) is 6.54. The lowest BCUT2D eigenvalue weighted by atomic mass is 10.0. The average molecular weight is 300 g/mol. The van der Waals surface area contributed by atoms with Gasteiger partial charge in [-0.25, -0.2) is 8.42 Å². The van der Waals surface area contributed by atoms with E-state index in [0.717, 1.165) is 6.26 Å². The summed E-state index contributed by atoms with van der Waals surface area (Å²) in [6.07, 6.45) is 0.676. The Labute approximate surface area is 119 Å². The molecule has 0 bridgehead atoms. The molecular weight excluding hydrogens is 280 g/mol. The van der Waals surface area contributed by atoms with Crippen molar-refractivity contribution in [2.75, 3.05) is 23.7 Å². The maximum absolute atomic E-state index is 11.9. The summed E-state index contributed by atoms with van der Waals surface area (Å²) in [6, 6.07) is 5.08. The standard InChI is InChI=1S/C13H20N2O4S/c1-9-8-15(20(2,17)18)11-7-10(12(16)5-6-14)3-4-13(11)19-9/h3-4,7,9,12,16H,5-6,8,14H2,1-2H3. The zero-order valence-corrected chi connectivity index (χ0v) is 12.4. The molecule has 7 heteroatoms. The number of benzene rings is 1. The van der Waals surface area contributed by atoms with E-state index in [-0.39, 0.29) is 12.6 Å². The minimum Gasteiger partial charge on any atom is -0.487 e. The fraction of sp³-hybridized carbons (Fsp3) is 0.538. The van der Waals surface area contributed by atoms with Crippen molar-refractivity contribution in [3.63, 3.8) is 0 Å². The van der Waals surface area contributed by atoms with Gasteiger partial charge in [0.1, 0.15) is 11.9 Å². The fourth-order valence-electron chi connectivity index (χ4n) is 2.26. The Bertz CT molecular complexity index is 588. The minimum atomic E-state index is -3.38. The van der Waals surface area contributed by atoms with Gasteiger partial charge in [0.05, 0.1) is 24.6 Å². The number of hydrogen-bond donors (Lipinski definition) is 2. The summed E-state index contributed by atoms with van der Waals surface area (Å²) < 4.78 is 30.7. The van der Waals surface area contributed by atoms with E-state index in [1.54, 1.807) is 18.2 Å². The van der Waals surface area contributed by atoms with Crippen molar-refractivity contribution < 1.29 is 18.3 Å². The smallest absolute Gasteiger partial charge is 0.232 e. The normalized spacial score (nSPS) is 20.2. The second-order valence-corrected chi connectivity index (χ2v) is 6.95. The van der Waals surface area contributed by atoms with Crippen molar-refractivity contribution in [3.8, 4) is 5.75 Å². The number of rotatable bonds is 4. The molecule has 0 spiro atoms. The lowest BCUT2D eigenvalue weighted by Crippen LogP contribution is -2.41. The predicted molar refractivity (Wildman–Crippen MR) is 77.4 cm³/mol. The lowest BCUT2D eigenvalue weighted by molar-refractivity contribution is 0.170. The molecule has 1 aliphatic rings. The number of sulfonamides is 1. The largest absolute Gasteiger partial charge is 0.487 e. The summed E-state index contributed by atoms with van der Waals surface area (Å²) in [6.45, 7) is 2.45. The zero-order chi connectivity index (χ0) is 14.9. The number of ether oxygens (including phenoxy) is 1. The Morgan fingerprint density at radius 2 is 2.25 bits per heavy atom. The van der Waals surface area contributed by atoms with Gasteiger partial charge in [0.2, 0.25) is 10.0 Å². The van der Waals surface area contributed by atoms with E-state index in [1.165, 1.54) is 4.31 Å². The number of aliphatic hydroxyl groups excluding tert-OH is 1. The molecule has 2 unspecified atom stereocenters. The van der Waals surface area contributed by atoms with Crippen molar-refractivity contribution in [1.82, 2.24) is 0 Å². The first-order chi connectivity index (χ1) is 9.32. The van der Waals surface area contributed by atoms with Crippen LogP contribution in [0.25, 0.3) is 0 Å². The highest BCUT2D eigenvalue weighted by atomic mass is 32.2. The van der Waals surface area contributed by atoms with E-state index < -0.39 is 16.1 Å². The number of hydrogen-bond acceptors (Lipinski definition) is 5. The topological polar surface area (TPSA) is 92.9 Å². The third kappa shape index (κ3) is 3.05. The summed E-state index contributed by atoms with van der Waals surface area (Å²) in [4.78, 5) is 0. The Morgan fingerprint density at radius 3 is 2.85 bits per heavy atom. The van der Waals surface area contributed by atoms with Crippen LogP contribution in [-0.2, 0) is 10.0 Å². The van der Waals surface area contributed by atoms with E-state index >= 15 is 0 Å². The van der Waals surface area contributed by atoms with Crippen LogP contribution in [-0.4, -0.2) is 39.0 Å². The van der Waals surface area contributed by atoms with E-state index in [1.807, 2.05) is 6.92 Å². The molecule has 3 N–H and O–H groups in total. The number of nitrogens with two attached hydrogens (primary N) is 1. The molecule has 1 aliphatic heterocycles. The minimum absolute atomic E-state index is 0.211. The maximum Gasteiger partial charge on any atom is 0.232 e. The lowest BCUT2D eigenvalue weighted by Gasteiger charge is -2.33. The van der Waals surface area contributed by atoms with Gasteiger partial charge in [-0.2, -0.15) is 0 Å². The Morgan fingerprint density at radius 1 is 1.55 bits per heavy atom. The Kier molecular flexibility index (Phi) is 4.22. The maximum atomic E-state index is 11.9. The van der Waals surface area contributed by atoms with Gasteiger partial charge in [-0.3, -0.25) is 4.31 Å². The van der Waals surface area contributed by atoms with Gasteiger partial charge in [0.15, 0.2) is 0 Å². The summed E-state index contributed by atoms with van der Waals surface area (Å²) in [5.74, 6) is 0.512. The van der Waals surface area contributed by atoms with E-state index in [2.05, 4.69) is 0 Å². The molecule has 0 fully saturated rings. The Hall–Kier alpha value is -1.31. The summed E-state index contributed by atoms with van der Waals surface area (Å²) in [5, 5.41) is 9.97. The third-order valence-electron chi connectivity index (χ3n) is 3.23. The van der Waals surface area contributed by atoms with Crippen LogP contribution in [0.3, 0.4) is 0 Å². The molecule has 0 aliphatic carbocycles. The monoisotopic (exact) mass is 300 g/mol. The van der Waals surface area contributed by atoms with Crippen LogP contribution in [0.1, 0.15) is 25.0 Å². The highest BCUT2D eigenvalue weighted by molar-refractivity contribution is 7.92. The molecular formula is C13H20N2O4S. The van der Waals surface area contributed by atoms with Crippen LogP contribution in [0.15, 0.2) is 18.2 Å². The second kappa shape index (κ2) is 5.59. The number of anilines is 1. The van der Waals surface area contributed by atoms with Gasteiger partial charge >= 0.3 is 0 Å². The molecule has 6 nitrogen and oxygen atoms in total. The molecule has 2 rings (SSSR count). The molecule has 2 atom stereocenters. The molecule has 0 amide bonds. The molecule has 0 saturated heterocycles. The number of aliphatic hydroxyl groups is 1. The number of fused-ring (bicyclic) bond motifs is 1. The fourth-order valence-corrected chi connectivity index (χ4v) is 3.24. The number of nitrogens with zero attached hydrogens (tertiary/aromatic N) is 1. The second-order valence-electron chi connectivity index (χ2n) is 5.04. The van der Waals surface area contributed by atoms with Crippen LogP contribution in [0, 0.1) is 0 Å². The van der Waals surface area contributed by atoms with Crippen molar-refractivity contribution in [1.29, 1.82) is 0 Å². The van der Waals surface area contributed by atoms with Gasteiger partial charge in [-0.15, -0.1) is 0 Å². The zero-order valence-electron chi connectivity index (χ0n) is 11.6. The van der Waals surface area contributed by atoms with Gasteiger partial charge in [0, 0.05) is 0 Å². The van der Waals surface area contributed by atoms with Crippen molar-refractivity contribution in [2.24, 2.45) is 5.73 Å². The van der Waals surface area contributed by atoms with Crippen molar-refractivity contribution >= 4 is 15.7 Å². The summed E-state index contributed by atoms with van der Waals surface area (Å²) >= 11 is 0. The van der Waals surface area contributed by atoms with Crippen LogP contribution >= 0.6 is 0 Å². The van der Waals surface area contributed by atoms with Crippen LogP contribution in [0.2, 0.25) is 0 Å². The van der Waals surface area contributed by atoms with Crippen LogP contribution < -0.4 is 14.8 Å². The van der Waals surface area contributed by atoms with Gasteiger partial charge < -0.3 is 15.6 Å². The summed E-state index contributed by atoms with van der Waals surface area (Å²) in [7, 11) is -3.38. The SMILES string of the molecule is CC1CN(S(C)(=O)=O)c2cc(C(O)CCN)ccc2O1. The molecule has 1 aromatic rings.